The smallest absolute Gasteiger partial charge is 0.288 e. The van der Waals surface area contributed by atoms with Crippen LogP contribution in [-0.4, -0.2) is 31.4 Å². The van der Waals surface area contributed by atoms with Crippen LogP contribution in [0.15, 0.2) is 29.2 Å². The van der Waals surface area contributed by atoms with E-state index in [9.17, 15) is 13.6 Å². The van der Waals surface area contributed by atoms with Crippen molar-refractivity contribution in [1.29, 1.82) is 0 Å². The Kier molecular flexibility index (Phi) is 6.63. The minimum atomic E-state index is -2.53. The highest BCUT2D eigenvalue weighted by atomic mass is 32.2. The molecule has 0 aliphatic carbocycles. The molecular formula is C11H14F2N2O2S. The molecule has 0 saturated carbocycles. The Bertz CT molecular complexity index is 391. The molecule has 0 aromatic heterocycles. The van der Waals surface area contributed by atoms with Crippen LogP contribution in [-0.2, 0) is 9.53 Å². The first-order chi connectivity index (χ1) is 8.63. The molecule has 0 aliphatic heterocycles. The van der Waals surface area contributed by atoms with E-state index in [4.69, 9.17) is 10.5 Å². The number of benzene rings is 1. The first kappa shape index (κ1) is 14.9. The highest BCUT2D eigenvalue weighted by molar-refractivity contribution is 7.99. The molecule has 0 bridgehead atoms. The molecule has 0 heterocycles. The third-order valence-electron chi connectivity index (χ3n) is 1.87. The lowest BCUT2D eigenvalue weighted by Gasteiger charge is -2.10. The summed E-state index contributed by atoms with van der Waals surface area (Å²) in [6, 6.07) is 6.37. The Balaban J connectivity index is 2.57. The average Bonchev–Trinajstić information content (AvgIpc) is 2.31. The van der Waals surface area contributed by atoms with Crippen molar-refractivity contribution in [3.05, 3.63) is 24.3 Å². The van der Waals surface area contributed by atoms with Crippen LogP contribution in [0.5, 0.6) is 0 Å². The number of halogens is 2. The first-order valence-electron chi connectivity index (χ1n) is 5.25. The number of para-hydroxylation sites is 1. The molecule has 3 N–H and O–H groups in total. The zero-order valence-corrected chi connectivity index (χ0v) is 10.4. The summed E-state index contributed by atoms with van der Waals surface area (Å²) in [5.74, 6) is -2.93. The molecule has 0 spiro atoms. The number of carbonyl (C=O) groups is 1. The second-order valence-electron chi connectivity index (χ2n) is 3.26. The Morgan fingerprint density at radius 2 is 2.17 bits per heavy atom. The molecule has 100 valence electrons. The second kappa shape index (κ2) is 8.02. The quantitative estimate of drug-likeness (QED) is 0.590. The minimum Gasteiger partial charge on any atom is -0.370 e. The molecule has 1 aromatic rings. The van der Waals surface area contributed by atoms with Gasteiger partial charge in [0.05, 0.1) is 12.3 Å². The van der Waals surface area contributed by atoms with E-state index >= 15 is 0 Å². The number of anilines is 1. The third kappa shape index (κ3) is 5.44. The topological polar surface area (TPSA) is 64.3 Å². The molecule has 0 atom stereocenters. The summed E-state index contributed by atoms with van der Waals surface area (Å²) in [5, 5.41) is 2.52. The molecule has 4 nitrogen and oxygen atoms in total. The van der Waals surface area contributed by atoms with Crippen molar-refractivity contribution in [3.8, 4) is 0 Å². The van der Waals surface area contributed by atoms with Crippen molar-refractivity contribution in [3.63, 3.8) is 0 Å². The van der Waals surface area contributed by atoms with Gasteiger partial charge in [-0.05, 0) is 12.1 Å². The van der Waals surface area contributed by atoms with Gasteiger partial charge in [-0.3, -0.25) is 4.79 Å². The van der Waals surface area contributed by atoms with E-state index in [2.05, 4.69) is 5.32 Å². The molecule has 18 heavy (non-hydrogen) atoms. The number of hydrogen-bond acceptors (Lipinski definition) is 4. The van der Waals surface area contributed by atoms with Crippen molar-refractivity contribution in [1.82, 2.24) is 0 Å². The standard InChI is InChI=1S/C11H14F2N2O2S/c12-11(13)18-9-4-2-1-3-8(9)15-10(16)7-17-6-5-14/h1-4,11H,5-7,14H2,(H,15,16). The zero-order valence-electron chi connectivity index (χ0n) is 9.57. The average molecular weight is 276 g/mol. The maximum absolute atomic E-state index is 12.3. The lowest BCUT2D eigenvalue weighted by Crippen LogP contribution is -2.21. The van der Waals surface area contributed by atoms with Crippen molar-refractivity contribution in [2.45, 2.75) is 10.7 Å². The number of alkyl halides is 2. The third-order valence-corrected chi connectivity index (χ3v) is 2.66. The molecule has 1 aromatic carbocycles. The van der Waals surface area contributed by atoms with Crippen molar-refractivity contribution in [2.24, 2.45) is 5.73 Å². The van der Waals surface area contributed by atoms with E-state index in [1.54, 1.807) is 18.2 Å². The Hall–Kier alpha value is -1.18. The summed E-state index contributed by atoms with van der Waals surface area (Å²) in [7, 11) is 0. The van der Waals surface area contributed by atoms with Crippen molar-refractivity contribution in [2.75, 3.05) is 25.1 Å². The fourth-order valence-electron chi connectivity index (χ4n) is 1.20. The first-order valence-corrected chi connectivity index (χ1v) is 6.13. The van der Waals surface area contributed by atoms with Crippen LogP contribution in [0.1, 0.15) is 0 Å². The van der Waals surface area contributed by atoms with Crippen LogP contribution in [0.4, 0.5) is 14.5 Å². The van der Waals surface area contributed by atoms with Gasteiger partial charge >= 0.3 is 0 Å². The van der Waals surface area contributed by atoms with Gasteiger partial charge in [-0.1, -0.05) is 23.9 Å². The monoisotopic (exact) mass is 276 g/mol. The van der Waals surface area contributed by atoms with Crippen molar-refractivity contribution >= 4 is 23.4 Å². The van der Waals surface area contributed by atoms with E-state index in [0.29, 0.717) is 28.9 Å². The molecule has 0 fully saturated rings. The lowest BCUT2D eigenvalue weighted by atomic mass is 10.3. The number of ether oxygens (including phenoxy) is 1. The van der Waals surface area contributed by atoms with E-state index < -0.39 is 11.7 Å². The maximum Gasteiger partial charge on any atom is 0.288 e. The highest BCUT2D eigenvalue weighted by Gasteiger charge is 2.11. The summed E-state index contributed by atoms with van der Waals surface area (Å²) in [6.45, 7) is 0.455. The van der Waals surface area contributed by atoms with E-state index in [1.165, 1.54) is 6.07 Å². The molecule has 1 rings (SSSR count). The molecule has 7 heteroatoms. The minimum absolute atomic E-state index is 0.148. The van der Waals surface area contributed by atoms with E-state index in [1.807, 2.05) is 0 Å². The number of amides is 1. The van der Waals surface area contributed by atoms with Crippen LogP contribution < -0.4 is 11.1 Å². The number of hydrogen-bond donors (Lipinski definition) is 2. The fourth-order valence-corrected chi connectivity index (χ4v) is 1.80. The molecule has 0 radical (unpaired) electrons. The highest BCUT2D eigenvalue weighted by Crippen LogP contribution is 2.31. The van der Waals surface area contributed by atoms with Gasteiger partial charge < -0.3 is 15.8 Å². The maximum atomic E-state index is 12.3. The van der Waals surface area contributed by atoms with Crippen LogP contribution in [0.25, 0.3) is 0 Å². The zero-order chi connectivity index (χ0) is 13.4. The van der Waals surface area contributed by atoms with Crippen LogP contribution >= 0.6 is 11.8 Å². The van der Waals surface area contributed by atoms with Gasteiger partial charge in [0.25, 0.3) is 5.76 Å². The Morgan fingerprint density at radius 1 is 1.44 bits per heavy atom. The predicted molar refractivity (Wildman–Crippen MR) is 66.8 cm³/mol. The van der Waals surface area contributed by atoms with Gasteiger partial charge in [-0.25, -0.2) is 0 Å². The van der Waals surface area contributed by atoms with Crippen LogP contribution in [0, 0.1) is 0 Å². The van der Waals surface area contributed by atoms with Gasteiger partial charge in [0.1, 0.15) is 6.61 Å². The summed E-state index contributed by atoms with van der Waals surface area (Å²) >= 11 is 0.387. The summed E-state index contributed by atoms with van der Waals surface area (Å²) < 4.78 is 29.5. The second-order valence-corrected chi connectivity index (χ2v) is 4.30. The lowest BCUT2D eigenvalue weighted by molar-refractivity contribution is -0.120. The number of rotatable bonds is 7. The number of carbonyl (C=O) groups excluding carboxylic acids is 1. The van der Waals surface area contributed by atoms with Gasteiger partial charge in [-0.15, -0.1) is 0 Å². The van der Waals surface area contributed by atoms with E-state index in [-0.39, 0.29) is 13.2 Å². The molecule has 0 saturated heterocycles. The normalized spacial score (nSPS) is 10.7. The summed E-state index contributed by atoms with van der Waals surface area (Å²) in [6.07, 6.45) is 0. The summed E-state index contributed by atoms with van der Waals surface area (Å²) in [5.41, 5.74) is 5.55. The molecule has 0 aliphatic rings. The van der Waals surface area contributed by atoms with Gasteiger partial charge in [0, 0.05) is 11.4 Å². The molecular weight excluding hydrogens is 262 g/mol. The van der Waals surface area contributed by atoms with E-state index in [0.717, 1.165) is 0 Å². The van der Waals surface area contributed by atoms with Crippen molar-refractivity contribution < 1.29 is 18.3 Å². The van der Waals surface area contributed by atoms with Gasteiger partial charge in [0.15, 0.2) is 0 Å². The van der Waals surface area contributed by atoms with Crippen LogP contribution in [0.2, 0.25) is 0 Å². The fraction of sp³-hybridized carbons (Fsp3) is 0.364. The van der Waals surface area contributed by atoms with Crippen LogP contribution in [0.3, 0.4) is 0 Å². The number of nitrogens with one attached hydrogen (secondary N) is 1. The largest absolute Gasteiger partial charge is 0.370 e. The SMILES string of the molecule is NCCOCC(=O)Nc1ccccc1SC(F)F. The Labute approximate surface area is 108 Å². The number of thioether (sulfide) groups is 1. The predicted octanol–water partition coefficient (Wildman–Crippen LogP) is 1.92. The van der Waals surface area contributed by atoms with Gasteiger partial charge in [-0.2, -0.15) is 8.78 Å². The molecule has 1 amide bonds. The number of nitrogens with two attached hydrogens (primary N) is 1. The Morgan fingerprint density at radius 3 is 2.83 bits per heavy atom. The molecule has 0 unspecified atom stereocenters. The summed E-state index contributed by atoms with van der Waals surface area (Å²) in [4.78, 5) is 11.8. The van der Waals surface area contributed by atoms with Gasteiger partial charge in [0.2, 0.25) is 5.91 Å².